The van der Waals surface area contributed by atoms with E-state index in [2.05, 4.69) is 10.1 Å². The second kappa shape index (κ2) is 8.56. The number of benzene rings is 2. The van der Waals surface area contributed by atoms with Crippen molar-refractivity contribution >= 4 is 18.1 Å². The Labute approximate surface area is 169 Å². The van der Waals surface area contributed by atoms with Gasteiger partial charge >= 0.3 is 6.09 Å². The van der Waals surface area contributed by atoms with E-state index in [-0.39, 0.29) is 12.2 Å². The smallest absolute Gasteiger partial charge is 0.415 e. The van der Waals surface area contributed by atoms with Crippen LogP contribution in [0, 0.1) is 0 Å². The maximum absolute atomic E-state index is 11.8. The molecule has 1 aliphatic rings. The fourth-order valence-electron chi connectivity index (χ4n) is 3.05. The third-order valence-electron chi connectivity index (χ3n) is 4.58. The van der Waals surface area contributed by atoms with Gasteiger partial charge < -0.3 is 9.57 Å². The lowest BCUT2D eigenvalue weighted by Gasteiger charge is -2.12. The van der Waals surface area contributed by atoms with Crippen LogP contribution in [0.3, 0.4) is 0 Å². The minimum Gasteiger partial charge on any atom is -0.444 e. The van der Waals surface area contributed by atoms with Crippen molar-refractivity contribution < 1.29 is 14.4 Å². The Balaban J connectivity index is 1.36. The highest BCUT2D eigenvalue weighted by atomic mass is 16.6. The first-order valence-corrected chi connectivity index (χ1v) is 9.43. The molecule has 4 rings (SSSR count). The summed E-state index contributed by atoms with van der Waals surface area (Å²) in [5, 5.41) is 4.02. The highest BCUT2D eigenvalue weighted by Crippen LogP contribution is 2.24. The Bertz CT molecular complexity index is 986. The zero-order valence-corrected chi connectivity index (χ0v) is 16.1. The number of carbonyl (C=O) groups excluding carboxylic acids is 1. The van der Waals surface area contributed by atoms with Crippen molar-refractivity contribution in [3.8, 4) is 11.1 Å². The Morgan fingerprint density at radius 3 is 2.52 bits per heavy atom. The predicted molar refractivity (Wildman–Crippen MR) is 112 cm³/mol. The lowest BCUT2D eigenvalue weighted by atomic mass is 10.1. The maximum atomic E-state index is 11.8. The third kappa shape index (κ3) is 4.60. The number of pyridine rings is 1. The van der Waals surface area contributed by atoms with Crippen LogP contribution in [-0.4, -0.2) is 29.9 Å². The van der Waals surface area contributed by atoms with Gasteiger partial charge in [-0.15, -0.1) is 0 Å². The molecule has 2 aromatic carbocycles. The number of ether oxygens (including phenoxy) is 1. The molecule has 1 aromatic heterocycles. The van der Waals surface area contributed by atoms with Crippen molar-refractivity contribution in [2.75, 3.05) is 11.4 Å². The van der Waals surface area contributed by atoms with Crippen LogP contribution >= 0.6 is 0 Å². The molecule has 6 heteroatoms. The number of carbonyl (C=O) groups is 1. The van der Waals surface area contributed by atoms with Gasteiger partial charge in [0.05, 0.1) is 12.8 Å². The van der Waals surface area contributed by atoms with Crippen LogP contribution in [0.5, 0.6) is 0 Å². The Morgan fingerprint density at radius 1 is 1.10 bits per heavy atom. The van der Waals surface area contributed by atoms with Crippen molar-refractivity contribution in [1.29, 1.82) is 0 Å². The van der Waals surface area contributed by atoms with E-state index in [1.54, 1.807) is 17.3 Å². The van der Waals surface area contributed by atoms with Gasteiger partial charge in [-0.3, -0.25) is 4.90 Å². The molecule has 0 spiro atoms. The van der Waals surface area contributed by atoms with E-state index in [1.807, 2.05) is 73.7 Å². The number of aromatic nitrogens is 1. The van der Waals surface area contributed by atoms with Gasteiger partial charge in [-0.2, -0.15) is 0 Å². The number of cyclic esters (lactones) is 1. The molecule has 0 unspecified atom stereocenters. The van der Waals surface area contributed by atoms with Gasteiger partial charge in [0.15, 0.2) is 0 Å². The molecule has 0 aliphatic carbocycles. The molecule has 1 aliphatic heterocycles. The van der Waals surface area contributed by atoms with Crippen LogP contribution in [0.15, 0.2) is 78.1 Å². The SMILES string of the molecule is C[C@H]1CN(c2ccc(-c3ccc(/C=N/OCc4ccccc4)cc3)cn2)C(=O)O1. The van der Waals surface area contributed by atoms with Gasteiger partial charge in [-0.25, -0.2) is 9.78 Å². The molecular formula is C23H21N3O3. The van der Waals surface area contributed by atoms with Gasteiger partial charge in [-0.05, 0) is 35.7 Å². The monoisotopic (exact) mass is 387 g/mol. The van der Waals surface area contributed by atoms with E-state index >= 15 is 0 Å². The number of anilines is 1. The molecule has 0 radical (unpaired) electrons. The van der Waals surface area contributed by atoms with E-state index in [9.17, 15) is 4.79 Å². The summed E-state index contributed by atoms with van der Waals surface area (Å²) in [5.41, 5.74) is 4.02. The van der Waals surface area contributed by atoms with Crippen molar-refractivity contribution in [1.82, 2.24) is 4.98 Å². The molecular weight excluding hydrogens is 366 g/mol. The number of nitrogens with zero attached hydrogens (tertiary/aromatic N) is 3. The first-order valence-electron chi connectivity index (χ1n) is 9.43. The number of rotatable bonds is 6. The molecule has 0 N–H and O–H groups in total. The molecule has 0 bridgehead atoms. The van der Waals surface area contributed by atoms with Crippen LogP contribution in [0.2, 0.25) is 0 Å². The van der Waals surface area contributed by atoms with Crippen LogP contribution in [0.4, 0.5) is 10.6 Å². The highest BCUT2D eigenvalue weighted by molar-refractivity contribution is 5.88. The van der Waals surface area contributed by atoms with E-state index in [4.69, 9.17) is 9.57 Å². The summed E-state index contributed by atoms with van der Waals surface area (Å²) in [6.07, 6.45) is 2.98. The summed E-state index contributed by atoms with van der Waals surface area (Å²) >= 11 is 0. The van der Waals surface area contributed by atoms with Crippen LogP contribution in [0.25, 0.3) is 11.1 Å². The molecule has 6 nitrogen and oxygen atoms in total. The quantitative estimate of drug-likeness (QED) is 0.456. The standard InChI is InChI=1S/C23H21N3O3/c1-17-15-26(23(27)29-17)22-12-11-21(14-24-22)20-9-7-18(8-10-20)13-25-28-16-19-5-3-2-4-6-19/h2-14,17H,15-16H2,1H3/b25-13+/t17-/m0/s1. The summed E-state index contributed by atoms with van der Waals surface area (Å²) in [5.74, 6) is 0.599. The van der Waals surface area contributed by atoms with Gasteiger partial charge in [0.1, 0.15) is 18.5 Å². The second-order valence-corrected chi connectivity index (χ2v) is 6.83. The highest BCUT2D eigenvalue weighted by Gasteiger charge is 2.30. The fraction of sp³-hybridized carbons (Fsp3) is 0.174. The minimum atomic E-state index is -0.351. The molecule has 146 valence electrons. The minimum absolute atomic E-state index is 0.116. The van der Waals surface area contributed by atoms with Crippen molar-refractivity contribution in [3.05, 3.63) is 84.1 Å². The molecule has 29 heavy (non-hydrogen) atoms. The molecule has 1 atom stereocenters. The van der Waals surface area contributed by atoms with Gasteiger partial charge in [0.25, 0.3) is 0 Å². The van der Waals surface area contributed by atoms with E-state index in [0.29, 0.717) is 19.0 Å². The number of hydrogen-bond donors (Lipinski definition) is 0. The average molecular weight is 387 g/mol. The van der Waals surface area contributed by atoms with Gasteiger partial charge in [0.2, 0.25) is 0 Å². The first-order chi connectivity index (χ1) is 14.2. The molecule has 1 amide bonds. The second-order valence-electron chi connectivity index (χ2n) is 6.83. The van der Waals surface area contributed by atoms with Crippen LogP contribution in [0.1, 0.15) is 18.1 Å². The summed E-state index contributed by atoms with van der Waals surface area (Å²) < 4.78 is 5.15. The number of amides is 1. The topological polar surface area (TPSA) is 64.0 Å². The van der Waals surface area contributed by atoms with Crippen LogP contribution in [-0.2, 0) is 16.2 Å². The summed E-state index contributed by atoms with van der Waals surface area (Å²) in [7, 11) is 0. The predicted octanol–water partition coefficient (Wildman–Crippen LogP) is 4.64. The molecule has 1 saturated heterocycles. The van der Waals surface area contributed by atoms with Crippen molar-refractivity contribution in [3.63, 3.8) is 0 Å². The Hall–Kier alpha value is -3.67. The largest absolute Gasteiger partial charge is 0.444 e. The van der Waals surface area contributed by atoms with Crippen molar-refractivity contribution in [2.45, 2.75) is 19.6 Å². The lowest BCUT2D eigenvalue weighted by Crippen LogP contribution is -2.24. The van der Waals surface area contributed by atoms with E-state index < -0.39 is 0 Å². The zero-order chi connectivity index (χ0) is 20.1. The van der Waals surface area contributed by atoms with Crippen LogP contribution < -0.4 is 4.90 Å². The Kier molecular flexibility index (Phi) is 5.52. The maximum Gasteiger partial charge on any atom is 0.415 e. The third-order valence-corrected chi connectivity index (χ3v) is 4.58. The fourth-order valence-corrected chi connectivity index (χ4v) is 3.05. The van der Waals surface area contributed by atoms with Crippen molar-refractivity contribution in [2.24, 2.45) is 5.16 Å². The molecule has 3 aromatic rings. The summed E-state index contributed by atoms with van der Waals surface area (Å²) in [4.78, 5) is 23.1. The molecule has 2 heterocycles. The zero-order valence-electron chi connectivity index (χ0n) is 16.1. The Morgan fingerprint density at radius 2 is 1.86 bits per heavy atom. The number of hydrogen-bond acceptors (Lipinski definition) is 5. The summed E-state index contributed by atoms with van der Waals surface area (Å²) in [6, 6.07) is 21.6. The molecule has 0 saturated carbocycles. The lowest BCUT2D eigenvalue weighted by molar-refractivity contribution is 0.132. The normalized spacial score (nSPS) is 16.2. The average Bonchev–Trinajstić information content (AvgIpc) is 3.10. The first kappa shape index (κ1) is 18.7. The summed E-state index contributed by atoms with van der Waals surface area (Å²) in [6.45, 7) is 2.83. The van der Waals surface area contributed by atoms with Gasteiger partial charge in [0, 0.05) is 11.8 Å². The van der Waals surface area contributed by atoms with E-state index in [0.717, 1.165) is 22.3 Å². The van der Waals surface area contributed by atoms with E-state index in [1.165, 1.54) is 0 Å². The molecule has 1 fully saturated rings. The van der Waals surface area contributed by atoms with Gasteiger partial charge in [-0.1, -0.05) is 59.8 Å². The number of oxime groups is 1.